The minimum Gasteiger partial charge on any atom is -0.335 e. The largest absolute Gasteiger partial charge is 0.374 e. The van der Waals surface area contributed by atoms with Crippen molar-refractivity contribution in [2.75, 3.05) is 18.4 Å². The van der Waals surface area contributed by atoms with Crippen molar-refractivity contribution in [1.29, 1.82) is 0 Å². The Balaban J connectivity index is 1.86. The van der Waals surface area contributed by atoms with Crippen LogP contribution < -0.4 is 10.6 Å². The smallest absolute Gasteiger partial charge is 0.335 e. The Hall–Kier alpha value is -1.79. The Morgan fingerprint density at radius 1 is 1.04 bits per heavy atom. The third-order valence-electron chi connectivity index (χ3n) is 3.49. The molecule has 2 amide bonds. The summed E-state index contributed by atoms with van der Waals surface area (Å²) >= 11 is 0. The fourth-order valence-electron chi connectivity index (χ4n) is 2.27. The normalized spacial score (nSPS) is 17.4. The predicted molar refractivity (Wildman–Crippen MR) is 81.5 cm³/mol. The number of hydrogen-bond donors (Lipinski definition) is 2. The highest BCUT2D eigenvalue weighted by Gasteiger charge is 2.28. The fraction of sp³-hybridized carbons (Fsp3) is 0.417. The number of rotatable bonds is 4. The molecule has 0 radical (unpaired) electrons. The van der Waals surface area contributed by atoms with E-state index in [0.29, 0.717) is 4.31 Å². The third kappa shape index (κ3) is 5.11. The molecule has 0 atom stereocenters. The number of piperidine rings is 1. The molecule has 0 spiro atoms. The van der Waals surface area contributed by atoms with Crippen molar-refractivity contribution in [1.82, 2.24) is 9.62 Å². The number of anilines is 1. The molecular weight excluding hydrogens is 368 g/mol. The molecule has 0 aliphatic carbocycles. The van der Waals surface area contributed by atoms with E-state index in [-0.39, 0.29) is 37.7 Å². The maximum Gasteiger partial charge on any atom is 0.374 e. The fourth-order valence-corrected chi connectivity index (χ4v) is 3.38. The SMILES string of the molecule is O=C(Nc1ccc(S(=O)(=O)F)cc1)NC1CCN(S(=O)(=O)F)CC1. The van der Waals surface area contributed by atoms with Gasteiger partial charge in [-0.25, -0.2) is 4.79 Å². The van der Waals surface area contributed by atoms with Gasteiger partial charge in [-0.15, -0.1) is 3.89 Å². The van der Waals surface area contributed by atoms with Crippen molar-refractivity contribution >= 4 is 32.4 Å². The van der Waals surface area contributed by atoms with Gasteiger partial charge in [0.1, 0.15) is 0 Å². The Morgan fingerprint density at radius 2 is 1.58 bits per heavy atom. The number of hydrogen-bond acceptors (Lipinski definition) is 5. The van der Waals surface area contributed by atoms with Crippen LogP contribution in [-0.2, 0) is 20.6 Å². The van der Waals surface area contributed by atoms with Gasteiger partial charge in [-0.05, 0) is 37.1 Å². The quantitative estimate of drug-likeness (QED) is 0.757. The second-order valence-electron chi connectivity index (χ2n) is 5.18. The molecule has 0 saturated carbocycles. The average Bonchev–Trinajstić information content (AvgIpc) is 2.46. The number of nitrogens with one attached hydrogen (secondary N) is 2. The predicted octanol–water partition coefficient (Wildman–Crippen LogP) is 1.15. The van der Waals surface area contributed by atoms with Crippen LogP contribution in [0.3, 0.4) is 0 Å². The molecule has 0 aromatic heterocycles. The second kappa shape index (κ2) is 6.99. The Kier molecular flexibility index (Phi) is 5.40. The molecule has 1 aromatic carbocycles. The molecule has 134 valence electrons. The standard InChI is InChI=1S/C12H15F2N3O5S2/c13-23(19,20)11-3-1-9(2-4-11)15-12(18)16-10-5-7-17(8-6-10)24(14,21)22/h1-4,10H,5-8H2,(H2,15,16,18). The minimum absolute atomic E-state index is 0.0349. The van der Waals surface area contributed by atoms with E-state index in [1.807, 2.05) is 0 Å². The van der Waals surface area contributed by atoms with E-state index in [1.165, 1.54) is 12.1 Å². The Morgan fingerprint density at radius 3 is 2.04 bits per heavy atom. The summed E-state index contributed by atoms with van der Waals surface area (Å²) in [4.78, 5) is 11.3. The maximum absolute atomic E-state index is 12.8. The second-order valence-corrected chi connectivity index (χ2v) is 7.86. The van der Waals surface area contributed by atoms with Crippen molar-refractivity contribution in [3.63, 3.8) is 0 Å². The molecule has 1 aromatic rings. The molecule has 24 heavy (non-hydrogen) atoms. The molecule has 0 unspecified atom stereocenters. The zero-order valence-electron chi connectivity index (χ0n) is 12.3. The van der Waals surface area contributed by atoms with Crippen molar-refractivity contribution < 1.29 is 29.4 Å². The first kappa shape index (κ1) is 18.5. The van der Waals surface area contributed by atoms with Crippen LogP contribution in [0.1, 0.15) is 12.8 Å². The summed E-state index contributed by atoms with van der Waals surface area (Å²) in [5.41, 5.74) is 0.253. The highest BCUT2D eigenvalue weighted by Crippen LogP contribution is 2.17. The zero-order valence-corrected chi connectivity index (χ0v) is 13.9. The number of nitrogens with zero attached hydrogens (tertiary/aromatic N) is 1. The molecule has 1 saturated heterocycles. The summed E-state index contributed by atoms with van der Waals surface area (Å²) < 4.78 is 69.1. The average molecular weight is 383 g/mol. The monoisotopic (exact) mass is 383 g/mol. The van der Waals surface area contributed by atoms with Gasteiger partial charge < -0.3 is 10.6 Å². The summed E-state index contributed by atoms with van der Waals surface area (Å²) in [6, 6.07) is 3.56. The molecule has 1 aliphatic heterocycles. The molecule has 2 rings (SSSR count). The van der Waals surface area contributed by atoms with Gasteiger partial charge >= 0.3 is 26.7 Å². The number of urea groups is 1. The van der Waals surface area contributed by atoms with Gasteiger partial charge in [0.2, 0.25) is 0 Å². The van der Waals surface area contributed by atoms with Crippen molar-refractivity contribution in [2.24, 2.45) is 0 Å². The van der Waals surface area contributed by atoms with E-state index in [0.717, 1.165) is 12.1 Å². The van der Waals surface area contributed by atoms with E-state index >= 15 is 0 Å². The van der Waals surface area contributed by atoms with E-state index in [1.54, 1.807) is 0 Å². The van der Waals surface area contributed by atoms with Gasteiger partial charge in [0, 0.05) is 24.8 Å². The topological polar surface area (TPSA) is 113 Å². The van der Waals surface area contributed by atoms with E-state index in [9.17, 15) is 29.4 Å². The third-order valence-corrected chi connectivity index (χ3v) is 5.31. The molecule has 1 heterocycles. The van der Waals surface area contributed by atoms with Crippen LogP contribution >= 0.6 is 0 Å². The van der Waals surface area contributed by atoms with Crippen molar-refractivity contribution in [3.8, 4) is 0 Å². The van der Waals surface area contributed by atoms with Gasteiger partial charge in [0.15, 0.2) is 0 Å². The number of benzene rings is 1. The van der Waals surface area contributed by atoms with E-state index < -0.39 is 31.6 Å². The van der Waals surface area contributed by atoms with Crippen LogP contribution in [-0.4, -0.2) is 46.3 Å². The van der Waals surface area contributed by atoms with Gasteiger partial charge in [-0.2, -0.15) is 21.1 Å². The molecule has 2 N–H and O–H groups in total. The molecule has 12 heteroatoms. The molecular formula is C12H15F2N3O5S2. The van der Waals surface area contributed by atoms with Crippen LogP contribution in [0.15, 0.2) is 29.2 Å². The first-order chi connectivity index (χ1) is 11.1. The van der Waals surface area contributed by atoms with Gasteiger partial charge in [0.25, 0.3) is 0 Å². The number of carbonyl (C=O) groups is 1. The number of halogens is 2. The zero-order chi connectivity index (χ0) is 18.0. The summed E-state index contributed by atoms with van der Waals surface area (Å²) in [5.74, 6) is 0. The molecule has 0 bridgehead atoms. The van der Waals surface area contributed by atoms with Gasteiger partial charge in [-0.3, -0.25) is 0 Å². The number of carbonyl (C=O) groups excluding carboxylic acids is 1. The van der Waals surface area contributed by atoms with Crippen molar-refractivity contribution in [3.05, 3.63) is 24.3 Å². The van der Waals surface area contributed by atoms with Crippen LogP contribution in [0.2, 0.25) is 0 Å². The summed E-state index contributed by atoms with van der Waals surface area (Å²) in [6.45, 7) is -0.0698. The number of amides is 2. The summed E-state index contributed by atoms with van der Waals surface area (Å²) in [5, 5.41) is 5.03. The van der Waals surface area contributed by atoms with E-state index in [2.05, 4.69) is 10.6 Å². The van der Waals surface area contributed by atoms with Crippen LogP contribution in [0.5, 0.6) is 0 Å². The molecule has 8 nitrogen and oxygen atoms in total. The first-order valence-electron chi connectivity index (χ1n) is 6.88. The maximum atomic E-state index is 12.8. The lowest BCUT2D eigenvalue weighted by Crippen LogP contribution is -2.46. The lowest BCUT2D eigenvalue weighted by Gasteiger charge is -2.29. The van der Waals surface area contributed by atoms with Crippen molar-refractivity contribution in [2.45, 2.75) is 23.8 Å². The van der Waals surface area contributed by atoms with Gasteiger partial charge in [0.05, 0.1) is 4.90 Å². The summed E-state index contributed by atoms with van der Waals surface area (Å²) in [6.07, 6.45) is 0.519. The lowest BCUT2D eigenvalue weighted by atomic mass is 10.1. The lowest BCUT2D eigenvalue weighted by molar-refractivity contribution is 0.237. The highest BCUT2D eigenvalue weighted by molar-refractivity contribution is 7.86. The Labute approximate surface area is 138 Å². The van der Waals surface area contributed by atoms with Crippen LogP contribution in [0.25, 0.3) is 0 Å². The first-order valence-corrected chi connectivity index (χ1v) is 9.60. The van der Waals surface area contributed by atoms with Gasteiger partial charge in [-0.1, -0.05) is 3.89 Å². The summed E-state index contributed by atoms with van der Waals surface area (Å²) in [7, 11) is -9.52. The minimum atomic E-state index is -4.80. The van der Waals surface area contributed by atoms with E-state index in [4.69, 9.17) is 0 Å². The molecule has 1 fully saturated rings. The molecule has 1 aliphatic rings. The highest BCUT2D eigenvalue weighted by atomic mass is 32.3. The van der Waals surface area contributed by atoms with Crippen LogP contribution in [0.4, 0.5) is 18.3 Å². The Bertz CT molecular complexity index is 804. The van der Waals surface area contributed by atoms with Crippen LogP contribution in [0, 0.1) is 0 Å².